The third-order valence-corrected chi connectivity index (χ3v) is 6.13. The van der Waals surface area contributed by atoms with Gasteiger partial charge in [-0.05, 0) is 50.5 Å². The van der Waals surface area contributed by atoms with Crippen molar-refractivity contribution in [2.45, 2.75) is 32.7 Å². The highest BCUT2D eigenvalue weighted by Crippen LogP contribution is 2.39. The first-order valence-electron chi connectivity index (χ1n) is 11.3. The first-order chi connectivity index (χ1) is 15.9. The summed E-state index contributed by atoms with van der Waals surface area (Å²) in [5, 5.41) is 5.38. The Bertz CT molecular complexity index is 1140. The second-order valence-corrected chi connectivity index (χ2v) is 8.37. The molecule has 2 bridgehead atoms. The molecule has 9 heteroatoms. The van der Waals surface area contributed by atoms with Crippen LogP contribution in [0.4, 0.5) is 11.4 Å². The number of piperidine rings is 1. The smallest absolute Gasteiger partial charge is 0.397 e. The number of anilines is 2. The number of amides is 2. The molecule has 2 N–H and O–H groups in total. The van der Waals surface area contributed by atoms with Gasteiger partial charge in [-0.3, -0.25) is 14.4 Å². The zero-order valence-corrected chi connectivity index (χ0v) is 18.8. The topological polar surface area (TPSA) is 110 Å². The molecule has 0 radical (unpaired) electrons. The monoisotopic (exact) mass is 452 g/mol. The maximum absolute atomic E-state index is 12.4. The molecule has 2 amide bonds. The number of nitrogens with one attached hydrogen (secondary N) is 2. The van der Waals surface area contributed by atoms with Crippen molar-refractivity contribution in [2.75, 3.05) is 36.5 Å². The molecule has 174 valence electrons. The zero-order valence-electron chi connectivity index (χ0n) is 18.8. The predicted molar refractivity (Wildman–Crippen MR) is 123 cm³/mol. The van der Waals surface area contributed by atoms with Gasteiger partial charge in [0.1, 0.15) is 0 Å². The number of esters is 1. The van der Waals surface area contributed by atoms with Gasteiger partial charge in [0.25, 0.3) is 11.5 Å². The van der Waals surface area contributed by atoms with Crippen LogP contribution >= 0.6 is 0 Å². The Morgan fingerprint density at radius 2 is 1.91 bits per heavy atom. The normalized spacial score (nSPS) is 18.8. The molecule has 9 nitrogen and oxygen atoms in total. The Morgan fingerprint density at radius 3 is 2.67 bits per heavy atom. The van der Waals surface area contributed by atoms with Crippen molar-refractivity contribution in [2.24, 2.45) is 5.92 Å². The number of hydrogen-bond donors (Lipinski definition) is 2. The summed E-state index contributed by atoms with van der Waals surface area (Å²) in [4.78, 5) is 51.2. The van der Waals surface area contributed by atoms with E-state index in [1.54, 1.807) is 37.3 Å². The number of aromatic nitrogens is 1. The number of benzene rings is 1. The van der Waals surface area contributed by atoms with Crippen LogP contribution in [0.2, 0.25) is 0 Å². The minimum absolute atomic E-state index is 0.0179. The maximum atomic E-state index is 12.4. The van der Waals surface area contributed by atoms with Crippen LogP contribution in [0.25, 0.3) is 0 Å². The second kappa shape index (κ2) is 9.48. The van der Waals surface area contributed by atoms with Crippen LogP contribution in [-0.4, -0.2) is 48.6 Å². The third kappa shape index (κ3) is 4.62. The number of carbonyl (C=O) groups is 3. The van der Waals surface area contributed by atoms with Gasteiger partial charge in [0, 0.05) is 49.4 Å². The van der Waals surface area contributed by atoms with Crippen LogP contribution < -0.4 is 21.1 Å². The fourth-order valence-corrected chi connectivity index (χ4v) is 4.78. The number of hydrogen-bond acceptors (Lipinski definition) is 6. The van der Waals surface area contributed by atoms with Gasteiger partial charge < -0.3 is 24.8 Å². The van der Waals surface area contributed by atoms with Crippen LogP contribution in [-0.2, 0) is 20.9 Å². The third-order valence-electron chi connectivity index (χ3n) is 6.13. The van der Waals surface area contributed by atoms with Crippen molar-refractivity contribution in [3.8, 4) is 0 Å². The van der Waals surface area contributed by atoms with Crippen LogP contribution in [0.5, 0.6) is 0 Å². The molecule has 2 unspecified atom stereocenters. The summed E-state index contributed by atoms with van der Waals surface area (Å²) in [7, 11) is 0. The molecule has 1 saturated heterocycles. The Hall–Kier alpha value is -3.62. The van der Waals surface area contributed by atoms with Gasteiger partial charge in [0.15, 0.2) is 0 Å². The predicted octanol–water partition coefficient (Wildman–Crippen LogP) is 1.72. The van der Waals surface area contributed by atoms with E-state index in [-0.39, 0.29) is 29.9 Å². The molecule has 33 heavy (non-hydrogen) atoms. The number of rotatable bonds is 5. The summed E-state index contributed by atoms with van der Waals surface area (Å²) in [5.74, 6) is -1.69. The first kappa shape index (κ1) is 22.6. The van der Waals surface area contributed by atoms with E-state index in [9.17, 15) is 19.2 Å². The lowest BCUT2D eigenvalue weighted by Crippen LogP contribution is -2.47. The standard InChI is InChI=1S/C24H28N4O5/c1-3-25-22(30)16-8-9-20(18(11-16)26-23(31)24(32)33-4-2)27-12-15-10-17(14-27)19-6-5-7-21(29)28(19)13-15/h5-9,11,15,17H,3-4,10,12-14H2,1-2H3,(H,25,30)(H,26,31). The fraction of sp³-hybridized carbons (Fsp3) is 0.417. The molecule has 2 aromatic rings. The van der Waals surface area contributed by atoms with Crippen molar-refractivity contribution in [1.82, 2.24) is 9.88 Å². The molecule has 1 aromatic carbocycles. The molecule has 2 atom stereocenters. The van der Waals surface area contributed by atoms with E-state index in [4.69, 9.17) is 4.74 Å². The van der Waals surface area contributed by atoms with Crippen LogP contribution in [0.3, 0.4) is 0 Å². The molecule has 3 heterocycles. The Kier molecular flexibility index (Phi) is 6.48. The number of pyridine rings is 1. The van der Waals surface area contributed by atoms with Crippen LogP contribution in [0.1, 0.15) is 42.2 Å². The summed E-state index contributed by atoms with van der Waals surface area (Å²) in [6.45, 7) is 6.01. The highest BCUT2D eigenvalue weighted by Gasteiger charge is 2.35. The van der Waals surface area contributed by atoms with Gasteiger partial charge in [-0.1, -0.05) is 6.07 Å². The highest BCUT2D eigenvalue weighted by molar-refractivity contribution is 6.37. The first-order valence-corrected chi connectivity index (χ1v) is 11.3. The summed E-state index contributed by atoms with van der Waals surface area (Å²) in [6.07, 6.45) is 0.988. The zero-order chi connectivity index (χ0) is 23.5. The van der Waals surface area contributed by atoms with E-state index in [0.29, 0.717) is 37.4 Å². The van der Waals surface area contributed by atoms with Gasteiger partial charge in [0.2, 0.25) is 0 Å². The fourth-order valence-electron chi connectivity index (χ4n) is 4.78. The van der Waals surface area contributed by atoms with E-state index in [1.807, 2.05) is 17.6 Å². The Morgan fingerprint density at radius 1 is 1.09 bits per heavy atom. The largest absolute Gasteiger partial charge is 0.459 e. The molecule has 1 fully saturated rings. The number of fused-ring (bicyclic) bond motifs is 4. The molecule has 2 aliphatic rings. The van der Waals surface area contributed by atoms with Gasteiger partial charge in [-0.2, -0.15) is 0 Å². The van der Waals surface area contributed by atoms with Crippen molar-refractivity contribution >= 4 is 29.2 Å². The van der Waals surface area contributed by atoms with E-state index in [2.05, 4.69) is 15.5 Å². The van der Waals surface area contributed by atoms with Gasteiger partial charge in [0.05, 0.1) is 18.0 Å². The van der Waals surface area contributed by atoms with Crippen molar-refractivity contribution < 1.29 is 19.1 Å². The molecule has 0 saturated carbocycles. The quantitative estimate of drug-likeness (QED) is 0.528. The average molecular weight is 453 g/mol. The van der Waals surface area contributed by atoms with E-state index in [1.165, 1.54) is 0 Å². The lowest BCUT2D eigenvalue weighted by molar-refractivity contribution is -0.152. The molecule has 0 spiro atoms. The molecular formula is C24H28N4O5. The summed E-state index contributed by atoms with van der Waals surface area (Å²) >= 11 is 0. The molecule has 4 rings (SSSR count). The SMILES string of the molecule is CCNC(=O)c1ccc(N2CC3CC(C2)c2cccc(=O)n2C3)c(NC(=O)C(=O)OCC)c1. The lowest BCUT2D eigenvalue weighted by atomic mass is 9.83. The van der Waals surface area contributed by atoms with Gasteiger partial charge in [-0.25, -0.2) is 4.79 Å². The molecule has 1 aromatic heterocycles. The minimum Gasteiger partial charge on any atom is -0.459 e. The second-order valence-electron chi connectivity index (χ2n) is 8.37. The summed E-state index contributed by atoms with van der Waals surface area (Å²) in [6, 6.07) is 10.5. The number of ether oxygens (including phenoxy) is 1. The lowest BCUT2D eigenvalue weighted by Gasteiger charge is -2.44. The number of nitrogens with zero attached hydrogens (tertiary/aromatic N) is 2. The van der Waals surface area contributed by atoms with Gasteiger partial charge >= 0.3 is 11.9 Å². The van der Waals surface area contributed by atoms with E-state index in [0.717, 1.165) is 17.8 Å². The van der Waals surface area contributed by atoms with Crippen molar-refractivity contribution in [3.05, 3.63) is 58.0 Å². The summed E-state index contributed by atoms with van der Waals surface area (Å²) < 4.78 is 6.67. The van der Waals surface area contributed by atoms with Crippen molar-refractivity contribution in [1.29, 1.82) is 0 Å². The van der Waals surface area contributed by atoms with Crippen LogP contribution in [0.15, 0.2) is 41.2 Å². The highest BCUT2D eigenvalue weighted by atomic mass is 16.5. The molecular weight excluding hydrogens is 424 g/mol. The average Bonchev–Trinajstić information content (AvgIpc) is 2.80. The maximum Gasteiger partial charge on any atom is 0.397 e. The Balaban J connectivity index is 1.66. The molecule has 2 aliphatic heterocycles. The summed E-state index contributed by atoms with van der Waals surface area (Å²) in [5.41, 5.74) is 2.52. The number of carbonyl (C=O) groups excluding carboxylic acids is 3. The minimum atomic E-state index is -0.976. The Labute approximate surface area is 191 Å². The van der Waals surface area contributed by atoms with Gasteiger partial charge in [-0.15, -0.1) is 0 Å². The van der Waals surface area contributed by atoms with Crippen molar-refractivity contribution in [3.63, 3.8) is 0 Å². The van der Waals surface area contributed by atoms with E-state index < -0.39 is 11.9 Å². The van der Waals surface area contributed by atoms with Crippen LogP contribution in [0, 0.1) is 5.92 Å². The van der Waals surface area contributed by atoms with E-state index >= 15 is 0 Å². The molecule has 0 aliphatic carbocycles.